The second kappa shape index (κ2) is 6.22. The third-order valence-electron chi connectivity index (χ3n) is 2.19. The summed E-state index contributed by atoms with van der Waals surface area (Å²) in [4.78, 5) is 10.6. The average Bonchev–Trinajstić information content (AvgIpc) is 2.35. The Kier molecular flexibility index (Phi) is 4.93. The second-order valence-corrected chi connectivity index (χ2v) is 5.34. The number of amides is 2. The lowest BCUT2D eigenvalue weighted by Crippen LogP contribution is -2.33. The zero-order valence-corrected chi connectivity index (χ0v) is 10.8. The summed E-state index contributed by atoms with van der Waals surface area (Å²) < 4.78 is 25.1. The van der Waals surface area contributed by atoms with Gasteiger partial charge in [-0.2, -0.15) is 0 Å². The van der Waals surface area contributed by atoms with Gasteiger partial charge in [-0.1, -0.05) is 0 Å². The van der Waals surface area contributed by atoms with Crippen LogP contribution in [0.3, 0.4) is 0 Å². The Balaban J connectivity index is 2.53. The molecule has 0 atom stereocenters. The minimum Gasteiger partial charge on any atom is -0.383 e. The lowest BCUT2D eigenvalue weighted by atomic mass is 10.3. The number of sulfonamides is 1. The molecule has 5 N–H and O–H groups in total. The molecule has 0 unspecified atom stereocenters. The van der Waals surface area contributed by atoms with Crippen molar-refractivity contribution in [1.29, 1.82) is 0 Å². The van der Waals surface area contributed by atoms with Crippen LogP contribution in [-0.2, 0) is 10.0 Å². The number of hydrogen-bond donors (Lipinski definition) is 4. The molecule has 0 aliphatic rings. The van der Waals surface area contributed by atoms with Gasteiger partial charge in [0, 0.05) is 18.8 Å². The molecule has 2 amide bonds. The second-order valence-electron chi connectivity index (χ2n) is 3.45. The molecule has 18 heavy (non-hydrogen) atoms. The molecular weight excluding hydrogens is 256 g/mol. The van der Waals surface area contributed by atoms with E-state index in [2.05, 4.69) is 15.4 Å². The van der Waals surface area contributed by atoms with Crippen molar-refractivity contribution in [2.24, 2.45) is 5.73 Å². The first-order valence-corrected chi connectivity index (χ1v) is 6.75. The zero-order chi connectivity index (χ0) is 13.6. The van der Waals surface area contributed by atoms with E-state index in [4.69, 9.17) is 5.73 Å². The molecule has 1 aromatic rings. The van der Waals surface area contributed by atoms with Crippen LogP contribution in [0.25, 0.3) is 0 Å². The fourth-order valence-corrected chi connectivity index (χ4v) is 1.99. The van der Waals surface area contributed by atoms with Crippen LogP contribution >= 0.6 is 0 Å². The van der Waals surface area contributed by atoms with Crippen LogP contribution in [0, 0.1) is 0 Å². The van der Waals surface area contributed by atoms with Crippen LogP contribution < -0.4 is 21.1 Å². The van der Waals surface area contributed by atoms with Crippen molar-refractivity contribution in [1.82, 2.24) is 10.0 Å². The van der Waals surface area contributed by atoms with Gasteiger partial charge in [0.15, 0.2) is 0 Å². The molecule has 0 bridgehead atoms. The molecule has 0 fully saturated rings. The highest BCUT2D eigenvalue weighted by molar-refractivity contribution is 7.89. The molecular formula is C10H16N4O3S. The van der Waals surface area contributed by atoms with E-state index >= 15 is 0 Å². The van der Waals surface area contributed by atoms with Gasteiger partial charge in [-0.3, -0.25) is 0 Å². The highest BCUT2D eigenvalue weighted by Gasteiger charge is 2.09. The van der Waals surface area contributed by atoms with Gasteiger partial charge in [0.1, 0.15) is 0 Å². The minimum absolute atomic E-state index is 0.200. The van der Waals surface area contributed by atoms with Crippen LogP contribution in [0.4, 0.5) is 10.5 Å². The van der Waals surface area contributed by atoms with Crippen LogP contribution in [0.2, 0.25) is 0 Å². The maximum Gasteiger partial charge on any atom is 0.312 e. The van der Waals surface area contributed by atoms with Gasteiger partial charge in [0.25, 0.3) is 0 Å². The molecule has 1 aromatic carbocycles. The van der Waals surface area contributed by atoms with Crippen molar-refractivity contribution in [2.45, 2.75) is 4.90 Å². The fourth-order valence-electron chi connectivity index (χ4n) is 1.26. The monoisotopic (exact) mass is 272 g/mol. The van der Waals surface area contributed by atoms with E-state index < -0.39 is 16.1 Å². The predicted molar refractivity (Wildman–Crippen MR) is 68.8 cm³/mol. The number of anilines is 1. The van der Waals surface area contributed by atoms with Crippen LogP contribution in [-0.4, -0.2) is 34.6 Å². The standard InChI is InChI=1S/C10H16N4O3S/c1-12-18(16,17)9-4-2-8(3-5-9)13-6-7-14-10(11)15/h2-5,12-13H,6-7H2,1H3,(H3,11,14,15). The molecule has 1 rings (SSSR count). The third-order valence-corrected chi connectivity index (χ3v) is 3.62. The van der Waals surface area contributed by atoms with Gasteiger partial charge >= 0.3 is 6.03 Å². The number of rotatable bonds is 6. The van der Waals surface area contributed by atoms with Crippen molar-refractivity contribution in [3.05, 3.63) is 24.3 Å². The maximum atomic E-state index is 11.5. The summed E-state index contributed by atoms with van der Waals surface area (Å²) in [7, 11) is -2.04. The van der Waals surface area contributed by atoms with Gasteiger partial charge in [0.2, 0.25) is 10.0 Å². The molecule has 0 spiro atoms. The van der Waals surface area contributed by atoms with Gasteiger partial charge in [-0.15, -0.1) is 0 Å². The molecule has 7 nitrogen and oxygen atoms in total. The first-order valence-electron chi connectivity index (χ1n) is 5.26. The number of urea groups is 1. The van der Waals surface area contributed by atoms with Crippen molar-refractivity contribution in [3.8, 4) is 0 Å². The topological polar surface area (TPSA) is 113 Å². The smallest absolute Gasteiger partial charge is 0.312 e. The van der Waals surface area contributed by atoms with Crippen molar-refractivity contribution in [2.75, 3.05) is 25.5 Å². The molecule has 0 heterocycles. The van der Waals surface area contributed by atoms with E-state index in [1.807, 2.05) is 0 Å². The zero-order valence-electron chi connectivity index (χ0n) is 9.93. The Hall–Kier alpha value is -1.80. The summed E-state index contributed by atoms with van der Waals surface area (Å²) in [5.74, 6) is 0. The number of benzene rings is 1. The Morgan fingerprint density at radius 1 is 1.22 bits per heavy atom. The van der Waals surface area contributed by atoms with E-state index in [-0.39, 0.29) is 4.90 Å². The van der Waals surface area contributed by atoms with Crippen LogP contribution in [0.15, 0.2) is 29.2 Å². The number of carbonyl (C=O) groups excluding carboxylic acids is 1. The van der Waals surface area contributed by atoms with E-state index in [0.29, 0.717) is 13.1 Å². The summed E-state index contributed by atoms with van der Waals surface area (Å²) in [6.07, 6.45) is 0. The summed E-state index contributed by atoms with van der Waals surface area (Å²) in [6, 6.07) is 5.71. The van der Waals surface area contributed by atoms with Gasteiger partial charge in [-0.25, -0.2) is 17.9 Å². The van der Waals surface area contributed by atoms with Crippen molar-refractivity contribution < 1.29 is 13.2 Å². The van der Waals surface area contributed by atoms with Crippen LogP contribution in [0.5, 0.6) is 0 Å². The molecule has 0 aliphatic carbocycles. The molecule has 0 aliphatic heterocycles. The first kappa shape index (κ1) is 14.3. The Bertz CT molecular complexity index is 498. The summed E-state index contributed by atoms with van der Waals surface area (Å²) in [5, 5.41) is 5.44. The molecule has 0 aromatic heterocycles. The average molecular weight is 272 g/mol. The minimum atomic E-state index is -3.40. The Morgan fingerprint density at radius 2 is 1.83 bits per heavy atom. The highest BCUT2D eigenvalue weighted by atomic mass is 32.2. The van der Waals surface area contributed by atoms with Gasteiger partial charge in [-0.05, 0) is 31.3 Å². The first-order chi connectivity index (χ1) is 8.45. The number of nitrogens with one attached hydrogen (secondary N) is 3. The SMILES string of the molecule is CNS(=O)(=O)c1ccc(NCCNC(N)=O)cc1. The number of carbonyl (C=O) groups is 1. The largest absolute Gasteiger partial charge is 0.383 e. The number of hydrogen-bond acceptors (Lipinski definition) is 4. The Labute approximate surface area is 106 Å². The maximum absolute atomic E-state index is 11.5. The van der Waals surface area contributed by atoms with Crippen molar-refractivity contribution in [3.63, 3.8) is 0 Å². The summed E-state index contributed by atoms with van der Waals surface area (Å²) >= 11 is 0. The van der Waals surface area contributed by atoms with E-state index in [1.165, 1.54) is 19.2 Å². The lowest BCUT2D eigenvalue weighted by molar-refractivity contribution is 0.249. The van der Waals surface area contributed by atoms with E-state index in [9.17, 15) is 13.2 Å². The number of nitrogens with two attached hydrogens (primary N) is 1. The molecule has 0 radical (unpaired) electrons. The normalized spacial score (nSPS) is 10.9. The van der Waals surface area contributed by atoms with E-state index in [0.717, 1.165) is 5.69 Å². The lowest BCUT2D eigenvalue weighted by Gasteiger charge is -2.07. The number of primary amides is 1. The third kappa shape index (κ3) is 4.22. The Morgan fingerprint density at radius 3 is 2.33 bits per heavy atom. The van der Waals surface area contributed by atoms with Crippen LogP contribution in [0.1, 0.15) is 0 Å². The predicted octanol–water partition coefficient (Wildman–Crippen LogP) is -0.325. The summed E-state index contributed by atoms with van der Waals surface area (Å²) in [6.45, 7) is 0.896. The van der Waals surface area contributed by atoms with Gasteiger partial charge in [0.05, 0.1) is 4.90 Å². The molecule has 8 heteroatoms. The fraction of sp³-hybridized carbons (Fsp3) is 0.300. The highest BCUT2D eigenvalue weighted by Crippen LogP contribution is 2.13. The molecule has 0 saturated carbocycles. The quantitative estimate of drug-likeness (QED) is 0.531. The van der Waals surface area contributed by atoms with E-state index in [1.54, 1.807) is 12.1 Å². The molecule has 0 saturated heterocycles. The summed E-state index contributed by atoms with van der Waals surface area (Å²) in [5.41, 5.74) is 5.66. The van der Waals surface area contributed by atoms with Crippen molar-refractivity contribution >= 4 is 21.7 Å². The molecule has 100 valence electrons. The van der Waals surface area contributed by atoms with Gasteiger partial charge < -0.3 is 16.4 Å².